The van der Waals surface area contributed by atoms with Gasteiger partial charge in [-0.1, -0.05) is 5.16 Å². The normalized spacial score (nSPS) is 11.4. The molecule has 78 valence electrons. The number of amides is 1. The number of hydrogen-bond acceptors (Lipinski definition) is 4. The monoisotopic (exact) mass is 198 g/mol. The Labute approximate surface area is 82.4 Å². The van der Waals surface area contributed by atoms with Gasteiger partial charge in [-0.05, 0) is 27.7 Å². The summed E-state index contributed by atoms with van der Waals surface area (Å²) in [4.78, 5) is 16.5. The number of rotatable bonds is 2. The first-order valence-electron chi connectivity index (χ1n) is 4.30. The molecule has 5 heteroatoms. The molecule has 14 heavy (non-hydrogen) atoms. The molecule has 0 unspecified atom stereocenters. The van der Waals surface area contributed by atoms with Crippen molar-refractivity contribution in [3.8, 4) is 0 Å². The Balaban J connectivity index is 2.56. The fourth-order valence-electron chi connectivity index (χ4n) is 0.771. The fourth-order valence-corrected chi connectivity index (χ4v) is 0.771. The highest BCUT2D eigenvalue weighted by Gasteiger charge is 2.16. The van der Waals surface area contributed by atoms with E-state index in [4.69, 9.17) is 9.36 Å². The van der Waals surface area contributed by atoms with Gasteiger partial charge >= 0.3 is 0 Å². The zero-order chi connectivity index (χ0) is 10.8. The zero-order valence-electron chi connectivity index (χ0n) is 8.75. The molecule has 1 aromatic rings. The maximum atomic E-state index is 11.4. The lowest BCUT2D eigenvalue weighted by Gasteiger charge is -2.18. The van der Waals surface area contributed by atoms with E-state index in [1.54, 1.807) is 6.92 Å². The minimum Gasteiger partial charge on any atom is -0.361 e. The van der Waals surface area contributed by atoms with Crippen LogP contribution in [0.15, 0.2) is 10.7 Å². The third-order valence-corrected chi connectivity index (χ3v) is 1.45. The summed E-state index contributed by atoms with van der Waals surface area (Å²) in [5.41, 5.74) is 2.29. The fraction of sp³-hybridized carbons (Fsp3) is 0.556. The van der Waals surface area contributed by atoms with E-state index >= 15 is 0 Å². The largest absolute Gasteiger partial charge is 0.361 e. The Kier molecular flexibility index (Phi) is 2.90. The molecule has 1 N–H and O–H groups in total. The highest BCUT2D eigenvalue weighted by molar-refractivity contribution is 5.93. The van der Waals surface area contributed by atoms with Gasteiger partial charge in [-0.2, -0.15) is 0 Å². The zero-order valence-corrected chi connectivity index (χ0v) is 8.75. The number of carbonyl (C=O) groups excluding carboxylic acids is 1. The lowest BCUT2D eigenvalue weighted by Crippen LogP contribution is -2.33. The highest BCUT2D eigenvalue weighted by atomic mass is 16.7. The van der Waals surface area contributed by atoms with Crippen LogP contribution in [0.5, 0.6) is 0 Å². The van der Waals surface area contributed by atoms with Gasteiger partial charge in [0.1, 0.15) is 11.3 Å². The SMILES string of the molecule is Cc1oncc1C(=O)NOC(C)(C)C. The first-order valence-corrected chi connectivity index (χ1v) is 4.30. The number of hydroxylamine groups is 1. The predicted molar refractivity (Wildman–Crippen MR) is 49.5 cm³/mol. The Morgan fingerprint density at radius 2 is 2.21 bits per heavy atom. The maximum Gasteiger partial charge on any atom is 0.280 e. The Hall–Kier alpha value is -1.36. The molecule has 5 nitrogen and oxygen atoms in total. The maximum absolute atomic E-state index is 11.4. The topological polar surface area (TPSA) is 64.4 Å². The van der Waals surface area contributed by atoms with Crippen LogP contribution in [0.2, 0.25) is 0 Å². The molecule has 0 atom stereocenters. The summed E-state index contributed by atoms with van der Waals surface area (Å²) in [5.74, 6) is 0.124. The van der Waals surface area contributed by atoms with Crippen molar-refractivity contribution in [2.45, 2.75) is 33.3 Å². The van der Waals surface area contributed by atoms with Crippen LogP contribution in [0.3, 0.4) is 0 Å². The van der Waals surface area contributed by atoms with Crippen LogP contribution >= 0.6 is 0 Å². The third-order valence-electron chi connectivity index (χ3n) is 1.45. The lowest BCUT2D eigenvalue weighted by atomic mass is 10.2. The average Bonchev–Trinajstić information content (AvgIpc) is 2.46. The molecule has 1 rings (SSSR count). The van der Waals surface area contributed by atoms with E-state index in [1.165, 1.54) is 6.20 Å². The van der Waals surface area contributed by atoms with Gasteiger partial charge < -0.3 is 4.52 Å². The van der Waals surface area contributed by atoms with Crippen molar-refractivity contribution in [1.82, 2.24) is 10.6 Å². The second-order valence-corrected chi connectivity index (χ2v) is 3.94. The van der Waals surface area contributed by atoms with Gasteiger partial charge in [-0.3, -0.25) is 9.63 Å². The molecule has 0 saturated carbocycles. The van der Waals surface area contributed by atoms with Crippen molar-refractivity contribution in [2.24, 2.45) is 0 Å². The molecule has 0 aliphatic rings. The van der Waals surface area contributed by atoms with Gasteiger partial charge in [0.15, 0.2) is 0 Å². The van der Waals surface area contributed by atoms with E-state index < -0.39 is 5.60 Å². The van der Waals surface area contributed by atoms with Crippen molar-refractivity contribution >= 4 is 5.91 Å². The van der Waals surface area contributed by atoms with E-state index in [9.17, 15) is 4.79 Å². The average molecular weight is 198 g/mol. The summed E-state index contributed by atoms with van der Waals surface area (Å²) in [6, 6.07) is 0. The van der Waals surface area contributed by atoms with E-state index in [1.807, 2.05) is 20.8 Å². The van der Waals surface area contributed by atoms with Crippen molar-refractivity contribution in [3.05, 3.63) is 17.5 Å². The molecule has 0 aliphatic carbocycles. The summed E-state index contributed by atoms with van der Waals surface area (Å²) < 4.78 is 4.75. The quantitative estimate of drug-likeness (QED) is 0.730. The second-order valence-electron chi connectivity index (χ2n) is 3.94. The second kappa shape index (κ2) is 3.79. The third kappa shape index (κ3) is 2.85. The number of nitrogens with one attached hydrogen (secondary N) is 1. The summed E-state index contributed by atoms with van der Waals surface area (Å²) in [6.07, 6.45) is 1.36. The lowest BCUT2D eigenvalue weighted by molar-refractivity contribution is -0.0590. The predicted octanol–water partition coefficient (Wildman–Crippen LogP) is 1.44. The van der Waals surface area contributed by atoms with Gasteiger partial charge in [0.25, 0.3) is 5.91 Å². The van der Waals surface area contributed by atoms with Crippen molar-refractivity contribution in [2.75, 3.05) is 0 Å². The minimum atomic E-state index is -0.416. The van der Waals surface area contributed by atoms with Crippen LogP contribution in [0, 0.1) is 6.92 Å². The summed E-state index contributed by atoms with van der Waals surface area (Å²) in [7, 11) is 0. The highest BCUT2D eigenvalue weighted by Crippen LogP contribution is 2.08. The minimum absolute atomic E-state index is 0.348. The molecule has 0 aromatic carbocycles. The number of aryl methyl sites for hydroxylation is 1. The Morgan fingerprint density at radius 3 is 2.64 bits per heavy atom. The summed E-state index contributed by atoms with van der Waals surface area (Å²) in [6.45, 7) is 7.19. The van der Waals surface area contributed by atoms with Gasteiger partial charge in [-0.15, -0.1) is 0 Å². The smallest absolute Gasteiger partial charge is 0.280 e. The molecule has 1 aromatic heterocycles. The summed E-state index contributed by atoms with van der Waals surface area (Å²) in [5, 5.41) is 3.50. The first-order chi connectivity index (χ1) is 6.40. The Bertz CT molecular complexity index is 325. The first kappa shape index (κ1) is 10.7. The number of hydrogen-bond donors (Lipinski definition) is 1. The van der Waals surface area contributed by atoms with Crippen LogP contribution in [-0.4, -0.2) is 16.7 Å². The van der Waals surface area contributed by atoms with Crippen molar-refractivity contribution in [3.63, 3.8) is 0 Å². The molecule has 0 fully saturated rings. The van der Waals surface area contributed by atoms with Crippen LogP contribution < -0.4 is 5.48 Å². The number of nitrogens with zero attached hydrogens (tertiary/aromatic N) is 1. The van der Waals surface area contributed by atoms with Crippen LogP contribution in [0.1, 0.15) is 36.9 Å². The van der Waals surface area contributed by atoms with Crippen LogP contribution in [0.4, 0.5) is 0 Å². The van der Waals surface area contributed by atoms with Gasteiger partial charge in [0.05, 0.1) is 11.8 Å². The Morgan fingerprint density at radius 1 is 1.57 bits per heavy atom. The van der Waals surface area contributed by atoms with Gasteiger partial charge in [0.2, 0.25) is 0 Å². The van der Waals surface area contributed by atoms with Gasteiger partial charge in [0, 0.05) is 0 Å². The molecular formula is C9H14N2O3. The number of carbonyl (C=O) groups is 1. The molecular weight excluding hydrogens is 184 g/mol. The van der Waals surface area contributed by atoms with E-state index in [0.29, 0.717) is 11.3 Å². The molecule has 0 spiro atoms. The van der Waals surface area contributed by atoms with Crippen molar-refractivity contribution < 1.29 is 14.2 Å². The van der Waals surface area contributed by atoms with Crippen molar-refractivity contribution in [1.29, 1.82) is 0 Å². The molecule has 1 amide bonds. The number of aromatic nitrogens is 1. The van der Waals surface area contributed by atoms with Crippen LogP contribution in [0.25, 0.3) is 0 Å². The van der Waals surface area contributed by atoms with E-state index in [0.717, 1.165) is 0 Å². The molecule has 0 aliphatic heterocycles. The van der Waals surface area contributed by atoms with E-state index in [-0.39, 0.29) is 5.91 Å². The van der Waals surface area contributed by atoms with E-state index in [2.05, 4.69) is 10.6 Å². The summed E-state index contributed by atoms with van der Waals surface area (Å²) >= 11 is 0. The van der Waals surface area contributed by atoms with Gasteiger partial charge in [-0.25, -0.2) is 5.48 Å². The molecule has 0 saturated heterocycles. The standard InChI is InChI=1S/C9H14N2O3/c1-6-7(5-10-13-6)8(12)11-14-9(2,3)4/h5H,1-4H3,(H,11,12). The molecule has 0 bridgehead atoms. The molecule has 0 radical (unpaired) electrons. The van der Waals surface area contributed by atoms with Crippen LogP contribution in [-0.2, 0) is 4.84 Å². The molecule has 1 heterocycles.